The number of fused-ring (bicyclic) bond motifs is 1. The van der Waals surface area contributed by atoms with E-state index in [0.29, 0.717) is 11.4 Å². The van der Waals surface area contributed by atoms with Gasteiger partial charge < -0.3 is 10.5 Å². The number of nitrogen functional groups attached to an aromatic ring is 1. The van der Waals surface area contributed by atoms with Crippen LogP contribution in [0.1, 0.15) is 41.0 Å². The third-order valence-electron chi connectivity index (χ3n) is 3.96. The summed E-state index contributed by atoms with van der Waals surface area (Å²) in [5.41, 5.74) is 6.03. The van der Waals surface area contributed by atoms with Gasteiger partial charge in [0.15, 0.2) is 0 Å². The minimum Gasteiger partial charge on any atom is -0.491 e. The number of aromatic nitrogens is 1. The summed E-state index contributed by atoms with van der Waals surface area (Å²) in [5, 5.41) is 2.14. The third kappa shape index (κ3) is 2.54. The molecule has 0 radical (unpaired) electrons. The second kappa shape index (κ2) is 5.84. The molecule has 0 aliphatic carbocycles. The number of carbonyl (C=O) groups is 2. The Kier molecular flexibility index (Phi) is 3.84. The SMILES string of the molecule is CCC(C)Oc1ccc(-n2c(N)c3c(cc2=O)C(=O)NC3=O)cc1. The number of anilines is 1. The zero-order valence-electron chi connectivity index (χ0n) is 13.3. The standard InChI is InChI=1S/C17H17N3O4/c1-3-9(2)24-11-6-4-10(5-7-11)20-13(21)8-12-14(15(20)18)17(23)19-16(12)22/h4-9H,3,18H2,1-2H3,(H,19,22,23). The summed E-state index contributed by atoms with van der Waals surface area (Å²) in [6, 6.07) is 7.93. The number of imide groups is 1. The van der Waals surface area contributed by atoms with Gasteiger partial charge in [0.1, 0.15) is 11.6 Å². The first-order valence-corrected chi connectivity index (χ1v) is 7.60. The van der Waals surface area contributed by atoms with E-state index >= 15 is 0 Å². The van der Waals surface area contributed by atoms with Crippen LogP contribution in [-0.2, 0) is 0 Å². The van der Waals surface area contributed by atoms with Gasteiger partial charge in [-0.05, 0) is 37.6 Å². The maximum atomic E-state index is 12.3. The van der Waals surface area contributed by atoms with E-state index in [1.165, 1.54) is 4.57 Å². The molecule has 0 spiro atoms. The number of ether oxygens (including phenoxy) is 1. The van der Waals surface area contributed by atoms with Crippen LogP contribution < -0.4 is 21.3 Å². The summed E-state index contributed by atoms with van der Waals surface area (Å²) in [6.07, 6.45) is 0.959. The number of nitrogens with zero attached hydrogens (tertiary/aromatic N) is 1. The summed E-state index contributed by atoms with van der Waals surface area (Å²) < 4.78 is 6.89. The fourth-order valence-electron chi connectivity index (χ4n) is 2.54. The summed E-state index contributed by atoms with van der Waals surface area (Å²) in [7, 11) is 0. The molecule has 7 heteroatoms. The van der Waals surface area contributed by atoms with Crippen molar-refractivity contribution in [1.29, 1.82) is 0 Å². The Morgan fingerprint density at radius 2 is 1.83 bits per heavy atom. The van der Waals surface area contributed by atoms with Gasteiger partial charge in [-0.25, -0.2) is 0 Å². The normalized spacial score (nSPS) is 14.2. The average molecular weight is 327 g/mol. The number of pyridine rings is 1. The van der Waals surface area contributed by atoms with Crippen LogP contribution >= 0.6 is 0 Å². The van der Waals surface area contributed by atoms with Crippen molar-refractivity contribution >= 4 is 17.6 Å². The molecular formula is C17H17N3O4. The number of hydrogen-bond donors (Lipinski definition) is 2. The molecule has 1 atom stereocenters. The van der Waals surface area contributed by atoms with Gasteiger partial charge in [0, 0.05) is 6.07 Å². The molecule has 2 amide bonds. The largest absolute Gasteiger partial charge is 0.491 e. The maximum Gasteiger partial charge on any atom is 0.262 e. The van der Waals surface area contributed by atoms with E-state index < -0.39 is 17.4 Å². The fraction of sp³-hybridized carbons (Fsp3) is 0.235. The van der Waals surface area contributed by atoms with Crippen LogP contribution in [0, 0.1) is 0 Å². The second-order valence-corrected chi connectivity index (χ2v) is 5.61. The summed E-state index contributed by atoms with van der Waals surface area (Å²) >= 11 is 0. The van der Waals surface area contributed by atoms with Gasteiger partial charge in [0.25, 0.3) is 17.4 Å². The summed E-state index contributed by atoms with van der Waals surface area (Å²) in [6.45, 7) is 3.99. The third-order valence-corrected chi connectivity index (χ3v) is 3.96. The first kappa shape index (κ1) is 15.8. The predicted octanol–water partition coefficient (Wildman–Crippen LogP) is 1.48. The molecule has 1 aliphatic rings. The van der Waals surface area contributed by atoms with Crippen LogP contribution in [0.15, 0.2) is 35.1 Å². The Morgan fingerprint density at radius 3 is 2.46 bits per heavy atom. The molecule has 1 aromatic heterocycles. The number of nitrogens with two attached hydrogens (primary N) is 1. The number of hydrogen-bond acceptors (Lipinski definition) is 5. The lowest BCUT2D eigenvalue weighted by Gasteiger charge is -2.15. The number of rotatable bonds is 4. The van der Waals surface area contributed by atoms with Crippen molar-refractivity contribution in [2.24, 2.45) is 0 Å². The lowest BCUT2D eigenvalue weighted by atomic mass is 10.1. The van der Waals surface area contributed by atoms with Crippen LogP contribution in [0.2, 0.25) is 0 Å². The van der Waals surface area contributed by atoms with Crippen LogP contribution in [0.5, 0.6) is 5.75 Å². The number of nitrogens with one attached hydrogen (secondary N) is 1. The molecule has 0 saturated carbocycles. The predicted molar refractivity (Wildman–Crippen MR) is 88.6 cm³/mol. The van der Waals surface area contributed by atoms with Gasteiger partial charge in [-0.1, -0.05) is 6.92 Å². The first-order chi connectivity index (χ1) is 11.4. The summed E-state index contributed by atoms with van der Waals surface area (Å²) in [5.74, 6) is -0.591. The molecule has 3 rings (SSSR count). The van der Waals surface area contributed by atoms with E-state index in [-0.39, 0.29) is 23.0 Å². The smallest absolute Gasteiger partial charge is 0.262 e. The topological polar surface area (TPSA) is 103 Å². The van der Waals surface area contributed by atoms with Crippen molar-refractivity contribution in [3.63, 3.8) is 0 Å². The van der Waals surface area contributed by atoms with Crippen molar-refractivity contribution in [2.45, 2.75) is 26.4 Å². The lowest BCUT2D eigenvalue weighted by Crippen LogP contribution is -2.24. The zero-order valence-corrected chi connectivity index (χ0v) is 13.3. The van der Waals surface area contributed by atoms with Crippen LogP contribution in [-0.4, -0.2) is 22.5 Å². The van der Waals surface area contributed by atoms with Crippen molar-refractivity contribution in [2.75, 3.05) is 5.73 Å². The molecular weight excluding hydrogens is 310 g/mol. The Bertz CT molecular complexity index is 884. The van der Waals surface area contributed by atoms with Gasteiger partial charge in [-0.3, -0.25) is 24.3 Å². The molecule has 0 fully saturated rings. The van der Waals surface area contributed by atoms with E-state index in [1.54, 1.807) is 24.3 Å². The van der Waals surface area contributed by atoms with E-state index in [4.69, 9.17) is 10.5 Å². The molecule has 1 aliphatic heterocycles. The summed E-state index contributed by atoms with van der Waals surface area (Å²) in [4.78, 5) is 35.8. The Morgan fingerprint density at radius 1 is 1.17 bits per heavy atom. The van der Waals surface area contributed by atoms with Crippen molar-refractivity contribution < 1.29 is 14.3 Å². The Balaban J connectivity index is 2.05. The van der Waals surface area contributed by atoms with Gasteiger partial charge in [-0.15, -0.1) is 0 Å². The van der Waals surface area contributed by atoms with Crippen molar-refractivity contribution in [3.8, 4) is 11.4 Å². The Hall–Kier alpha value is -3.09. The quantitative estimate of drug-likeness (QED) is 0.828. The highest BCUT2D eigenvalue weighted by Gasteiger charge is 2.31. The monoisotopic (exact) mass is 327 g/mol. The molecule has 2 heterocycles. The number of amides is 2. The van der Waals surface area contributed by atoms with E-state index in [1.807, 2.05) is 13.8 Å². The van der Waals surface area contributed by atoms with Crippen LogP contribution in [0.3, 0.4) is 0 Å². The number of benzene rings is 1. The molecule has 124 valence electrons. The zero-order chi connectivity index (χ0) is 17.4. The molecule has 1 unspecified atom stereocenters. The van der Waals surface area contributed by atoms with Gasteiger partial charge >= 0.3 is 0 Å². The van der Waals surface area contributed by atoms with Gasteiger partial charge in [-0.2, -0.15) is 0 Å². The number of carbonyl (C=O) groups excluding carboxylic acids is 2. The van der Waals surface area contributed by atoms with Gasteiger partial charge in [0.2, 0.25) is 0 Å². The highest BCUT2D eigenvalue weighted by atomic mass is 16.5. The first-order valence-electron chi connectivity index (χ1n) is 7.60. The van der Waals surface area contributed by atoms with Crippen molar-refractivity contribution in [3.05, 3.63) is 51.8 Å². The van der Waals surface area contributed by atoms with Crippen LogP contribution in [0.4, 0.5) is 5.82 Å². The Labute approximate surface area is 138 Å². The lowest BCUT2D eigenvalue weighted by molar-refractivity contribution is 0.0880. The van der Waals surface area contributed by atoms with Crippen molar-refractivity contribution in [1.82, 2.24) is 9.88 Å². The average Bonchev–Trinajstić information content (AvgIpc) is 2.83. The molecule has 0 bridgehead atoms. The van der Waals surface area contributed by atoms with Crippen LogP contribution in [0.25, 0.3) is 5.69 Å². The molecule has 3 N–H and O–H groups in total. The highest BCUT2D eigenvalue weighted by molar-refractivity contribution is 6.23. The molecule has 7 nitrogen and oxygen atoms in total. The maximum absolute atomic E-state index is 12.3. The van der Waals surface area contributed by atoms with E-state index in [2.05, 4.69) is 5.32 Å². The fourth-order valence-corrected chi connectivity index (χ4v) is 2.54. The minimum absolute atomic E-state index is 0.00970. The minimum atomic E-state index is -0.608. The highest BCUT2D eigenvalue weighted by Crippen LogP contribution is 2.24. The molecule has 1 aromatic carbocycles. The second-order valence-electron chi connectivity index (χ2n) is 5.61. The van der Waals surface area contributed by atoms with E-state index in [0.717, 1.165) is 12.5 Å². The molecule has 2 aromatic rings. The van der Waals surface area contributed by atoms with Gasteiger partial charge in [0.05, 0.1) is 22.9 Å². The molecule has 0 saturated heterocycles. The molecule has 24 heavy (non-hydrogen) atoms. The van der Waals surface area contributed by atoms with E-state index in [9.17, 15) is 14.4 Å².